The van der Waals surface area contributed by atoms with E-state index in [-0.39, 0.29) is 16.6 Å². The largest absolute Gasteiger partial charge is 0.379 e. The van der Waals surface area contributed by atoms with Gasteiger partial charge in [0, 0.05) is 44.8 Å². The molecular weight excluding hydrogens is 434 g/mol. The van der Waals surface area contributed by atoms with Crippen LogP contribution in [0.2, 0.25) is 0 Å². The summed E-state index contributed by atoms with van der Waals surface area (Å²) < 4.78 is 37.7. The second-order valence-corrected chi connectivity index (χ2v) is 10.2. The highest BCUT2D eigenvalue weighted by Crippen LogP contribution is 2.25. The summed E-state index contributed by atoms with van der Waals surface area (Å²) in [6.45, 7) is 7.53. The summed E-state index contributed by atoms with van der Waals surface area (Å²) in [5, 5.41) is 6.64. The lowest BCUT2D eigenvalue weighted by Gasteiger charge is -2.29. The van der Waals surface area contributed by atoms with Crippen molar-refractivity contribution >= 4 is 15.9 Å². The van der Waals surface area contributed by atoms with Gasteiger partial charge in [0.1, 0.15) is 0 Å². The third kappa shape index (κ3) is 5.34. The van der Waals surface area contributed by atoms with E-state index in [0.29, 0.717) is 44.3 Å². The lowest BCUT2D eigenvalue weighted by molar-refractivity contribution is 0.0382. The zero-order valence-corrected chi connectivity index (χ0v) is 19.0. The average Bonchev–Trinajstić information content (AvgIpc) is 3.31. The number of piperidine rings is 1. The van der Waals surface area contributed by atoms with Crippen LogP contribution in [0, 0.1) is 5.92 Å². The van der Waals surface area contributed by atoms with E-state index in [1.807, 2.05) is 0 Å². The van der Waals surface area contributed by atoms with Gasteiger partial charge in [0.15, 0.2) is 0 Å². The number of sulfonamides is 1. The molecule has 1 amide bonds. The van der Waals surface area contributed by atoms with Crippen molar-refractivity contribution in [2.24, 2.45) is 5.92 Å². The lowest BCUT2D eigenvalue weighted by atomic mass is 10.0. The number of nitrogens with zero attached hydrogens (tertiary/aromatic N) is 4. The molecule has 4 rings (SSSR count). The second-order valence-electron chi connectivity index (χ2n) is 8.24. The second kappa shape index (κ2) is 10.1. The van der Waals surface area contributed by atoms with Crippen LogP contribution in [-0.2, 0) is 14.8 Å². The fraction of sp³-hybridized carbons (Fsp3) is 0.571. The van der Waals surface area contributed by atoms with E-state index in [1.54, 1.807) is 24.3 Å². The van der Waals surface area contributed by atoms with Crippen LogP contribution in [0.25, 0.3) is 11.4 Å². The van der Waals surface area contributed by atoms with Gasteiger partial charge in [-0.3, -0.25) is 9.69 Å². The molecule has 11 heteroatoms. The predicted octanol–water partition coefficient (Wildman–Crippen LogP) is 1.22. The minimum atomic E-state index is -3.52. The Labute approximate surface area is 188 Å². The number of rotatable bonds is 7. The third-order valence-corrected chi connectivity index (χ3v) is 7.84. The number of carbonyl (C=O) groups is 1. The monoisotopic (exact) mass is 463 g/mol. The molecule has 1 N–H and O–H groups in total. The van der Waals surface area contributed by atoms with Crippen LogP contribution >= 0.6 is 0 Å². The summed E-state index contributed by atoms with van der Waals surface area (Å²) in [5.74, 6) is 0.226. The number of aromatic nitrogens is 2. The zero-order chi connectivity index (χ0) is 22.6. The van der Waals surface area contributed by atoms with Gasteiger partial charge in [0.05, 0.1) is 18.1 Å². The molecule has 0 unspecified atom stereocenters. The van der Waals surface area contributed by atoms with Crippen LogP contribution in [0.3, 0.4) is 0 Å². The fourth-order valence-corrected chi connectivity index (χ4v) is 5.28. The summed E-state index contributed by atoms with van der Waals surface area (Å²) >= 11 is 0. The van der Waals surface area contributed by atoms with Gasteiger partial charge in [-0.2, -0.15) is 9.29 Å². The highest BCUT2D eigenvalue weighted by Gasteiger charge is 2.28. The summed E-state index contributed by atoms with van der Waals surface area (Å²) in [7, 11) is -3.52. The van der Waals surface area contributed by atoms with E-state index in [9.17, 15) is 13.2 Å². The highest BCUT2D eigenvalue weighted by molar-refractivity contribution is 7.89. The van der Waals surface area contributed by atoms with Crippen LogP contribution in [0.4, 0.5) is 0 Å². The van der Waals surface area contributed by atoms with Crippen molar-refractivity contribution in [3.05, 3.63) is 30.2 Å². The molecule has 3 heterocycles. The minimum Gasteiger partial charge on any atom is -0.379 e. The van der Waals surface area contributed by atoms with Gasteiger partial charge in [0.2, 0.25) is 15.8 Å². The smallest absolute Gasteiger partial charge is 0.316 e. The van der Waals surface area contributed by atoms with Gasteiger partial charge in [-0.15, -0.1) is 0 Å². The molecule has 2 aromatic rings. The van der Waals surface area contributed by atoms with Crippen molar-refractivity contribution < 1.29 is 22.5 Å². The molecule has 2 saturated heterocycles. The molecule has 1 aromatic carbocycles. The van der Waals surface area contributed by atoms with E-state index in [4.69, 9.17) is 9.26 Å². The Hall–Kier alpha value is -2.34. The minimum absolute atomic E-state index is 0.124. The van der Waals surface area contributed by atoms with Crippen LogP contribution in [-0.4, -0.2) is 86.2 Å². The molecule has 0 saturated carbocycles. The first-order chi connectivity index (χ1) is 15.4. The van der Waals surface area contributed by atoms with Gasteiger partial charge in [-0.1, -0.05) is 12.1 Å². The topological polar surface area (TPSA) is 118 Å². The summed E-state index contributed by atoms with van der Waals surface area (Å²) in [4.78, 5) is 18.9. The number of hydrogen-bond donors (Lipinski definition) is 1. The Morgan fingerprint density at radius 1 is 1.12 bits per heavy atom. The Morgan fingerprint density at radius 3 is 2.50 bits per heavy atom. The summed E-state index contributed by atoms with van der Waals surface area (Å²) in [5.41, 5.74) is 0.576. The van der Waals surface area contributed by atoms with Gasteiger partial charge in [0.25, 0.3) is 0 Å². The fourth-order valence-electron chi connectivity index (χ4n) is 3.81. The maximum Gasteiger partial charge on any atom is 0.316 e. The summed E-state index contributed by atoms with van der Waals surface area (Å²) in [6.07, 6.45) is 1.74. The first kappa shape index (κ1) is 22.8. The predicted molar refractivity (Wildman–Crippen MR) is 116 cm³/mol. The van der Waals surface area contributed by atoms with Gasteiger partial charge in [-0.25, -0.2) is 8.42 Å². The molecule has 174 valence electrons. The summed E-state index contributed by atoms with van der Waals surface area (Å²) in [6, 6.07) is 6.34. The van der Waals surface area contributed by atoms with Crippen molar-refractivity contribution in [2.75, 3.05) is 52.5 Å². The molecule has 2 aliphatic rings. The molecular formula is C21H29N5O5S. The van der Waals surface area contributed by atoms with E-state index in [2.05, 4.69) is 27.3 Å². The molecule has 10 nitrogen and oxygen atoms in total. The van der Waals surface area contributed by atoms with Gasteiger partial charge < -0.3 is 14.6 Å². The van der Waals surface area contributed by atoms with E-state index in [0.717, 1.165) is 32.5 Å². The highest BCUT2D eigenvalue weighted by atomic mass is 32.2. The Kier molecular flexibility index (Phi) is 7.19. The molecule has 2 fully saturated rings. The molecule has 0 spiro atoms. The quantitative estimate of drug-likeness (QED) is 0.651. The number of benzene rings is 1. The molecule has 0 aliphatic carbocycles. The van der Waals surface area contributed by atoms with Crippen LogP contribution in [0.1, 0.15) is 30.5 Å². The molecule has 0 radical (unpaired) electrons. The number of morpholine rings is 1. The SMILES string of the molecule is CC1CCN(S(=O)(=O)c2ccc(-c3noc(C(=O)NCCN4CCOCC4)n3)cc2)CC1. The third-order valence-electron chi connectivity index (χ3n) is 5.93. The normalized spacial score (nSPS) is 19.2. The molecule has 1 aromatic heterocycles. The number of nitrogens with one attached hydrogen (secondary N) is 1. The first-order valence-corrected chi connectivity index (χ1v) is 12.4. The maximum atomic E-state index is 12.9. The number of ether oxygens (including phenoxy) is 1. The average molecular weight is 464 g/mol. The van der Waals surface area contributed by atoms with Crippen molar-refractivity contribution in [1.29, 1.82) is 0 Å². The number of amides is 1. The Morgan fingerprint density at radius 2 is 1.81 bits per heavy atom. The van der Waals surface area contributed by atoms with Crippen molar-refractivity contribution in [1.82, 2.24) is 24.7 Å². The van der Waals surface area contributed by atoms with Gasteiger partial charge in [-0.05, 0) is 43.0 Å². The number of hydrogen-bond acceptors (Lipinski definition) is 8. The standard InChI is InChI=1S/C21H29N5O5S/c1-16-6-9-26(10-7-16)32(28,29)18-4-2-17(3-5-18)19-23-21(31-24-19)20(27)22-8-11-25-12-14-30-15-13-25/h2-5,16H,6-15H2,1H3,(H,22,27). The zero-order valence-electron chi connectivity index (χ0n) is 18.2. The number of carbonyl (C=O) groups excluding carboxylic acids is 1. The van der Waals surface area contributed by atoms with Crippen LogP contribution in [0.5, 0.6) is 0 Å². The molecule has 2 aliphatic heterocycles. The van der Waals surface area contributed by atoms with Gasteiger partial charge >= 0.3 is 11.8 Å². The van der Waals surface area contributed by atoms with Crippen molar-refractivity contribution in [3.8, 4) is 11.4 Å². The van der Waals surface area contributed by atoms with Crippen molar-refractivity contribution in [2.45, 2.75) is 24.7 Å². The van der Waals surface area contributed by atoms with E-state index < -0.39 is 15.9 Å². The lowest BCUT2D eigenvalue weighted by Crippen LogP contribution is -2.41. The molecule has 32 heavy (non-hydrogen) atoms. The van der Waals surface area contributed by atoms with Crippen LogP contribution < -0.4 is 5.32 Å². The Bertz CT molecular complexity index is 1010. The van der Waals surface area contributed by atoms with Crippen LogP contribution in [0.15, 0.2) is 33.7 Å². The van der Waals surface area contributed by atoms with E-state index in [1.165, 1.54) is 4.31 Å². The first-order valence-electron chi connectivity index (χ1n) is 11.0. The van der Waals surface area contributed by atoms with Crippen molar-refractivity contribution in [3.63, 3.8) is 0 Å². The molecule has 0 atom stereocenters. The molecule has 0 bridgehead atoms. The van der Waals surface area contributed by atoms with E-state index >= 15 is 0 Å². The Balaban J connectivity index is 1.35. The maximum absolute atomic E-state index is 12.9.